The van der Waals surface area contributed by atoms with E-state index in [2.05, 4.69) is 18.9 Å². The molecule has 3 N–H and O–H groups in total. The second-order valence-corrected chi connectivity index (χ2v) is 11.7. The number of rotatable bonds is 7. The number of benzene rings is 3. The molecule has 0 fully saturated rings. The van der Waals surface area contributed by atoms with Gasteiger partial charge in [0.2, 0.25) is 10.0 Å². The van der Waals surface area contributed by atoms with Gasteiger partial charge in [0.05, 0.1) is 22.2 Å². The highest BCUT2D eigenvalue weighted by Gasteiger charge is 2.35. The Balaban J connectivity index is 0.000000263. The van der Waals surface area contributed by atoms with Crippen LogP contribution in [0.3, 0.4) is 0 Å². The standard InChI is InChI=1S/C17H14F3N3O2S.C13H18O2/c1-11-2-4-12(5-3-11)15-10-16(17(18,19)20)22-23(15)13-6-8-14(9-7-13)26(21,24)25;1-9(2)8-11-4-6-12(7-5-11)10(3)13(14)15/h2-10H,1H3,(H2,21,24,25);4-7,9-10H,8H2,1-3H3,(H,14,15). The van der Waals surface area contributed by atoms with Crippen molar-refractivity contribution in [2.75, 3.05) is 0 Å². The lowest BCUT2D eigenvalue weighted by Gasteiger charge is -2.09. The van der Waals surface area contributed by atoms with Gasteiger partial charge in [0, 0.05) is 5.56 Å². The minimum atomic E-state index is -4.61. The van der Waals surface area contributed by atoms with Crippen molar-refractivity contribution in [2.24, 2.45) is 11.1 Å². The van der Waals surface area contributed by atoms with Crippen LogP contribution in [0.5, 0.6) is 0 Å². The molecule has 0 aliphatic carbocycles. The summed E-state index contributed by atoms with van der Waals surface area (Å²) in [6.45, 7) is 7.93. The number of sulfonamides is 1. The molecule has 0 aliphatic rings. The van der Waals surface area contributed by atoms with Gasteiger partial charge in [-0.2, -0.15) is 18.3 Å². The Labute approximate surface area is 237 Å². The Morgan fingerprint density at radius 1 is 0.951 bits per heavy atom. The van der Waals surface area contributed by atoms with Crippen LogP contribution < -0.4 is 5.14 Å². The van der Waals surface area contributed by atoms with Crippen LogP contribution in [-0.4, -0.2) is 29.3 Å². The van der Waals surface area contributed by atoms with Gasteiger partial charge < -0.3 is 5.11 Å². The molecule has 218 valence electrons. The van der Waals surface area contributed by atoms with E-state index < -0.39 is 33.8 Å². The van der Waals surface area contributed by atoms with Gasteiger partial charge in [-0.25, -0.2) is 18.2 Å². The molecule has 1 aromatic heterocycles. The van der Waals surface area contributed by atoms with E-state index in [0.717, 1.165) is 28.3 Å². The predicted molar refractivity (Wildman–Crippen MR) is 151 cm³/mol. The fourth-order valence-electron chi connectivity index (χ4n) is 3.98. The Kier molecular flexibility index (Phi) is 9.77. The Morgan fingerprint density at radius 3 is 1.98 bits per heavy atom. The number of carboxylic acids is 1. The smallest absolute Gasteiger partial charge is 0.435 e. The number of nitrogens with two attached hydrogens (primary N) is 1. The average molecular weight is 588 g/mol. The normalized spacial score (nSPS) is 12.5. The van der Waals surface area contributed by atoms with Crippen molar-refractivity contribution >= 4 is 16.0 Å². The molecule has 1 unspecified atom stereocenters. The summed E-state index contributed by atoms with van der Waals surface area (Å²) in [6, 6.07) is 20.9. The summed E-state index contributed by atoms with van der Waals surface area (Å²) in [5, 5.41) is 17.5. The fourth-order valence-corrected chi connectivity index (χ4v) is 4.50. The molecule has 0 saturated carbocycles. The highest BCUT2D eigenvalue weighted by Crippen LogP contribution is 2.33. The average Bonchev–Trinajstić information content (AvgIpc) is 3.35. The summed E-state index contributed by atoms with van der Waals surface area (Å²) in [4.78, 5) is 10.6. The molecule has 0 bridgehead atoms. The van der Waals surface area contributed by atoms with Crippen LogP contribution in [0.15, 0.2) is 83.8 Å². The van der Waals surface area contributed by atoms with Crippen molar-refractivity contribution in [3.8, 4) is 16.9 Å². The first-order valence-corrected chi connectivity index (χ1v) is 14.3. The Morgan fingerprint density at radius 2 is 1.51 bits per heavy atom. The second-order valence-electron chi connectivity index (χ2n) is 10.1. The minimum Gasteiger partial charge on any atom is -0.481 e. The van der Waals surface area contributed by atoms with Gasteiger partial charge in [-0.3, -0.25) is 4.79 Å². The molecule has 11 heteroatoms. The van der Waals surface area contributed by atoms with E-state index in [1.807, 2.05) is 31.2 Å². The van der Waals surface area contributed by atoms with E-state index in [4.69, 9.17) is 10.2 Å². The molecular formula is C30H32F3N3O4S. The first-order chi connectivity index (χ1) is 19.1. The van der Waals surface area contributed by atoms with Crippen LogP contribution in [0.4, 0.5) is 13.2 Å². The first kappa shape index (κ1) is 31.6. The first-order valence-electron chi connectivity index (χ1n) is 12.8. The third-order valence-electron chi connectivity index (χ3n) is 6.25. The SMILES string of the molecule is CC(C)Cc1ccc(C(C)C(=O)O)cc1.Cc1ccc(-c2cc(C(F)(F)F)nn2-c2ccc(S(N)(=O)=O)cc2)cc1. The Hall–Kier alpha value is -3.96. The zero-order valence-corrected chi connectivity index (χ0v) is 23.9. The monoisotopic (exact) mass is 587 g/mol. The number of carbonyl (C=O) groups is 1. The van der Waals surface area contributed by atoms with Crippen LogP contribution in [0.1, 0.15) is 49.1 Å². The van der Waals surface area contributed by atoms with E-state index >= 15 is 0 Å². The summed E-state index contributed by atoms with van der Waals surface area (Å²) in [5.74, 6) is -0.558. The van der Waals surface area contributed by atoms with Gasteiger partial charge in [-0.1, -0.05) is 67.9 Å². The minimum absolute atomic E-state index is 0.138. The maximum Gasteiger partial charge on any atom is 0.435 e. The number of halogens is 3. The van der Waals surface area contributed by atoms with Crippen molar-refractivity contribution in [1.29, 1.82) is 0 Å². The maximum absolute atomic E-state index is 13.1. The topological polar surface area (TPSA) is 115 Å². The molecule has 0 aliphatic heterocycles. The van der Waals surface area contributed by atoms with Crippen molar-refractivity contribution in [3.63, 3.8) is 0 Å². The number of carboxylic acid groups (broad SMARTS) is 1. The largest absolute Gasteiger partial charge is 0.481 e. The van der Waals surface area contributed by atoms with Gasteiger partial charge in [0.15, 0.2) is 5.69 Å². The zero-order chi connectivity index (χ0) is 30.5. The quantitative estimate of drug-likeness (QED) is 0.253. The van der Waals surface area contributed by atoms with Crippen LogP contribution in [-0.2, 0) is 27.4 Å². The summed E-state index contributed by atoms with van der Waals surface area (Å²) in [5.41, 5.74) is 3.14. The van der Waals surface area contributed by atoms with Crippen LogP contribution >= 0.6 is 0 Å². The maximum atomic E-state index is 13.1. The third-order valence-corrected chi connectivity index (χ3v) is 7.18. The van der Waals surface area contributed by atoms with E-state index in [1.165, 1.54) is 29.8 Å². The number of aryl methyl sites for hydroxylation is 1. The summed E-state index contributed by atoms with van der Waals surface area (Å²) in [6.07, 6.45) is -3.56. The van der Waals surface area contributed by atoms with Crippen molar-refractivity contribution in [2.45, 2.75) is 51.1 Å². The van der Waals surface area contributed by atoms with Crippen LogP contribution in [0.25, 0.3) is 16.9 Å². The number of aliphatic carboxylic acids is 1. The van der Waals surface area contributed by atoms with E-state index in [-0.39, 0.29) is 16.3 Å². The van der Waals surface area contributed by atoms with Crippen LogP contribution in [0.2, 0.25) is 0 Å². The molecule has 4 rings (SSSR count). The van der Waals surface area contributed by atoms with Crippen molar-refractivity contribution < 1.29 is 31.5 Å². The number of hydrogen-bond acceptors (Lipinski definition) is 4. The molecule has 4 aromatic rings. The van der Waals surface area contributed by atoms with Gasteiger partial charge in [0.1, 0.15) is 0 Å². The van der Waals surface area contributed by atoms with Gasteiger partial charge in [-0.05, 0) is 67.6 Å². The molecule has 0 saturated heterocycles. The molecular weight excluding hydrogens is 555 g/mol. The summed E-state index contributed by atoms with van der Waals surface area (Å²) in [7, 11) is -3.90. The lowest BCUT2D eigenvalue weighted by atomic mass is 9.97. The number of nitrogens with zero attached hydrogens (tertiary/aromatic N) is 2. The van der Waals surface area contributed by atoms with Gasteiger partial charge in [0.25, 0.3) is 0 Å². The molecule has 3 aromatic carbocycles. The van der Waals surface area contributed by atoms with Crippen molar-refractivity contribution in [3.05, 3.63) is 101 Å². The molecule has 1 heterocycles. The lowest BCUT2D eigenvalue weighted by Crippen LogP contribution is -2.12. The number of aromatic nitrogens is 2. The molecule has 7 nitrogen and oxygen atoms in total. The fraction of sp³-hybridized carbons (Fsp3) is 0.267. The second kappa shape index (κ2) is 12.7. The van der Waals surface area contributed by atoms with Crippen molar-refractivity contribution in [1.82, 2.24) is 9.78 Å². The van der Waals surface area contributed by atoms with Gasteiger partial charge in [-0.15, -0.1) is 0 Å². The van der Waals surface area contributed by atoms with E-state index in [9.17, 15) is 26.4 Å². The Bertz CT molecular complexity index is 1580. The van der Waals surface area contributed by atoms with E-state index in [1.54, 1.807) is 31.2 Å². The lowest BCUT2D eigenvalue weighted by molar-refractivity contribution is -0.141. The molecule has 0 amide bonds. The molecule has 0 radical (unpaired) electrons. The highest BCUT2D eigenvalue weighted by molar-refractivity contribution is 7.89. The molecule has 41 heavy (non-hydrogen) atoms. The number of hydrogen-bond donors (Lipinski definition) is 2. The summed E-state index contributed by atoms with van der Waals surface area (Å²) < 4.78 is 63.2. The predicted octanol–water partition coefficient (Wildman–Crippen LogP) is 6.59. The van der Waals surface area contributed by atoms with Gasteiger partial charge >= 0.3 is 12.1 Å². The van der Waals surface area contributed by atoms with Crippen LogP contribution in [0, 0.1) is 12.8 Å². The molecule has 0 spiro atoms. The zero-order valence-electron chi connectivity index (χ0n) is 23.1. The number of primary sulfonamides is 1. The number of alkyl halides is 3. The van der Waals surface area contributed by atoms with E-state index in [0.29, 0.717) is 11.5 Å². The highest BCUT2D eigenvalue weighted by atomic mass is 32.2. The third kappa shape index (κ3) is 8.51. The summed E-state index contributed by atoms with van der Waals surface area (Å²) >= 11 is 0. The molecule has 1 atom stereocenters.